The number of rotatable bonds is 3. The Hall–Kier alpha value is -1.62. The molecular formula is C8H8N2O3. The molecule has 13 heavy (non-hydrogen) atoms. The molecule has 0 saturated heterocycles. The molecule has 68 valence electrons. The Bertz CT molecular complexity index is 366. The summed E-state index contributed by atoms with van der Waals surface area (Å²) in [6.07, 6.45) is 1.93. The van der Waals surface area contributed by atoms with Crippen molar-refractivity contribution in [1.29, 1.82) is 0 Å². The van der Waals surface area contributed by atoms with Gasteiger partial charge >= 0.3 is 0 Å². The van der Waals surface area contributed by atoms with Crippen LogP contribution in [0.25, 0.3) is 11.7 Å². The molecule has 2 rings (SSSR count). The zero-order valence-electron chi connectivity index (χ0n) is 6.80. The van der Waals surface area contributed by atoms with E-state index in [0.29, 0.717) is 23.9 Å². The van der Waals surface area contributed by atoms with Crippen LogP contribution < -0.4 is 0 Å². The molecule has 0 aliphatic rings. The summed E-state index contributed by atoms with van der Waals surface area (Å²) >= 11 is 0. The number of furan rings is 1. The van der Waals surface area contributed by atoms with Crippen LogP contribution in [-0.2, 0) is 6.42 Å². The first-order chi connectivity index (χ1) is 6.40. The smallest absolute Gasteiger partial charge is 0.293 e. The van der Waals surface area contributed by atoms with Gasteiger partial charge in [0.25, 0.3) is 5.89 Å². The first-order valence-corrected chi connectivity index (χ1v) is 3.87. The van der Waals surface area contributed by atoms with E-state index >= 15 is 0 Å². The van der Waals surface area contributed by atoms with Crippen molar-refractivity contribution in [2.45, 2.75) is 6.42 Å². The second-order valence-electron chi connectivity index (χ2n) is 2.47. The van der Waals surface area contributed by atoms with Crippen LogP contribution in [0.3, 0.4) is 0 Å². The van der Waals surface area contributed by atoms with E-state index < -0.39 is 0 Å². The van der Waals surface area contributed by atoms with Crippen molar-refractivity contribution < 1.29 is 14.0 Å². The standard InChI is InChI=1S/C8H8N2O3/c11-4-3-7-9-8(13-10-7)6-2-1-5-12-6/h1-2,5,11H,3-4H2. The highest BCUT2D eigenvalue weighted by molar-refractivity contribution is 5.42. The maximum absolute atomic E-state index is 8.61. The van der Waals surface area contributed by atoms with Gasteiger partial charge in [-0.05, 0) is 12.1 Å². The molecule has 0 unspecified atom stereocenters. The molecule has 0 atom stereocenters. The fourth-order valence-electron chi connectivity index (χ4n) is 0.956. The molecule has 0 amide bonds. The molecule has 0 spiro atoms. The Morgan fingerprint density at radius 1 is 1.46 bits per heavy atom. The number of hydrogen-bond donors (Lipinski definition) is 1. The van der Waals surface area contributed by atoms with Crippen LogP contribution in [0.2, 0.25) is 0 Å². The Morgan fingerprint density at radius 2 is 2.38 bits per heavy atom. The van der Waals surface area contributed by atoms with Crippen molar-refractivity contribution in [3.63, 3.8) is 0 Å². The normalized spacial score (nSPS) is 10.5. The van der Waals surface area contributed by atoms with Gasteiger partial charge in [-0.1, -0.05) is 5.16 Å². The Morgan fingerprint density at radius 3 is 3.08 bits per heavy atom. The lowest BCUT2D eigenvalue weighted by Crippen LogP contribution is -1.92. The van der Waals surface area contributed by atoms with Crippen LogP contribution in [0.15, 0.2) is 27.3 Å². The van der Waals surface area contributed by atoms with Gasteiger partial charge in [-0.3, -0.25) is 0 Å². The largest absolute Gasteiger partial charge is 0.459 e. The molecule has 0 bridgehead atoms. The molecule has 0 aliphatic carbocycles. The third-order valence-electron chi connectivity index (χ3n) is 1.54. The molecule has 5 heteroatoms. The highest BCUT2D eigenvalue weighted by atomic mass is 16.5. The highest BCUT2D eigenvalue weighted by Crippen LogP contribution is 2.16. The van der Waals surface area contributed by atoms with Crippen LogP contribution >= 0.6 is 0 Å². The van der Waals surface area contributed by atoms with E-state index in [1.54, 1.807) is 12.1 Å². The fourth-order valence-corrected chi connectivity index (χ4v) is 0.956. The SMILES string of the molecule is OCCc1noc(-c2ccco2)n1. The van der Waals surface area contributed by atoms with E-state index in [-0.39, 0.29) is 6.61 Å². The van der Waals surface area contributed by atoms with Gasteiger partial charge < -0.3 is 14.0 Å². The summed E-state index contributed by atoms with van der Waals surface area (Å²) in [4.78, 5) is 4.01. The Labute approximate surface area is 74.0 Å². The average Bonchev–Trinajstić information content (AvgIpc) is 2.70. The Balaban J connectivity index is 2.23. The molecule has 2 heterocycles. The molecule has 5 nitrogen and oxygen atoms in total. The third-order valence-corrected chi connectivity index (χ3v) is 1.54. The minimum absolute atomic E-state index is 0.0110. The predicted molar refractivity (Wildman–Crippen MR) is 42.8 cm³/mol. The van der Waals surface area contributed by atoms with Crippen LogP contribution in [-0.4, -0.2) is 21.9 Å². The number of aromatic nitrogens is 2. The van der Waals surface area contributed by atoms with Crippen LogP contribution in [0.1, 0.15) is 5.82 Å². The number of aliphatic hydroxyl groups excluding tert-OH is 1. The van der Waals surface area contributed by atoms with Gasteiger partial charge in [0.05, 0.1) is 12.9 Å². The summed E-state index contributed by atoms with van der Waals surface area (Å²) in [7, 11) is 0. The van der Waals surface area contributed by atoms with Gasteiger partial charge in [0, 0.05) is 6.42 Å². The molecule has 0 saturated carbocycles. The average molecular weight is 180 g/mol. The number of hydrogen-bond acceptors (Lipinski definition) is 5. The minimum Gasteiger partial charge on any atom is -0.459 e. The summed E-state index contributed by atoms with van der Waals surface area (Å²) in [6.45, 7) is 0.0110. The maximum Gasteiger partial charge on any atom is 0.293 e. The van der Waals surface area contributed by atoms with E-state index in [9.17, 15) is 0 Å². The van der Waals surface area contributed by atoms with Crippen LogP contribution in [0.4, 0.5) is 0 Å². The van der Waals surface area contributed by atoms with E-state index in [0.717, 1.165) is 0 Å². The van der Waals surface area contributed by atoms with Crippen molar-refractivity contribution >= 4 is 0 Å². The Kier molecular flexibility index (Phi) is 2.09. The van der Waals surface area contributed by atoms with E-state index in [1.165, 1.54) is 6.26 Å². The van der Waals surface area contributed by atoms with E-state index in [1.807, 2.05) is 0 Å². The lowest BCUT2D eigenvalue weighted by molar-refractivity contribution is 0.293. The van der Waals surface area contributed by atoms with E-state index in [2.05, 4.69) is 10.1 Å². The summed E-state index contributed by atoms with van der Waals surface area (Å²) in [6, 6.07) is 3.47. The monoisotopic (exact) mass is 180 g/mol. The first-order valence-electron chi connectivity index (χ1n) is 3.87. The van der Waals surface area contributed by atoms with Crippen molar-refractivity contribution in [2.24, 2.45) is 0 Å². The second-order valence-corrected chi connectivity index (χ2v) is 2.47. The van der Waals surface area contributed by atoms with Gasteiger partial charge in [-0.25, -0.2) is 0 Å². The summed E-state index contributed by atoms with van der Waals surface area (Å²) in [5.41, 5.74) is 0. The lowest BCUT2D eigenvalue weighted by Gasteiger charge is -1.83. The molecule has 0 radical (unpaired) electrons. The van der Waals surface area contributed by atoms with Crippen molar-refractivity contribution in [2.75, 3.05) is 6.61 Å². The van der Waals surface area contributed by atoms with Crippen molar-refractivity contribution in [3.8, 4) is 11.7 Å². The topological polar surface area (TPSA) is 72.3 Å². The quantitative estimate of drug-likeness (QED) is 0.758. The van der Waals surface area contributed by atoms with Gasteiger partial charge in [-0.15, -0.1) is 0 Å². The van der Waals surface area contributed by atoms with E-state index in [4.69, 9.17) is 14.0 Å². The van der Waals surface area contributed by atoms with Crippen LogP contribution in [0.5, 0.6) is 0 Å². The van der Waals surface area contributed by atoms with Crippen molar-refractivity contribution in [3.05, 3.63) is 24.2 Å². The zero-order valence-corrected chi connectivity index (χ0v) is 6.80. The highest BCUT2D eigenvalue weighted by Gasteiger charge is 2.09. The van der Waals surface area contributed by atoms with Gasteiger partial charge in [0.1, 0.15) is 0 Å². The van der Waals surface area contributed by atoms with Crippen LogP contribution in [0, 0.1) is 0 Å². The summed E-state index contributed by atoms with van der Waals surface area (Å²) in [5, 5.41) is 12.3. The zero-order chi connectivity index (χ0) is 9.10. The van der Waals surface area contributed by atoms with Gasteiger partial charge in [0.2, 0.25) is 0 Å². The molecule has 1 N–H and O–H groups in total. The fraction of sp³-hybridized carbons (Fsp3) is 0.250. The molecular weight excluding hydrogens is 172 g/mol. The van der Waals surface area contributed by atoms with Crippen molar-refractivity contribution in [1.82, 2.24) is 10.1 Å². The van der Waals surface area contributed by atoms with Gasteiger partial charge in [-0.2, -0.15) is 4.98 Å². The third kappa shape index (κ3) is 1.59. The minimum atomic E-state index is 0.0110. The number of aliphatic hydroxyl groups is 1. The molecule has 2 aromatic heterocycles. The second kappa shape index (κ2) is 3.40. The predicted octanol–water partition coefficient (Wildman–Crippen LogP) is 0.864. The van der Waals surface area contributed by atoms with Gasteiger partial charge in [0.15, 0.2) is 11.6 Å². The molecule has 2 aromatic rings. The number of nitrogens with zero attached hydrogens (tertiary/aromatic N) is 2. The maximum atomic E-state index is 8.61. The molecule has 0 aliphatic heterocycles. The summed E-state index contributed by atoms with van der Waals surface area (Å²) < 4.78 is 9.95. The summed E-state index contributed by atoms with van der Waals surface area (Å²) in [5.74, 6) is 1.36. The first kappa shape index (κ1) is 8.00. The molecule has 0 fully saturated rings. The molecule has 0 aromatic carbocycles. The lowest BCUT2D eigenvalue weighted by atomic mass is 10.4.